The summed E-state index contributed by atoms with van der Waals surface area (Å²) in [5.74, 6) is -3.07. The highest BCUT2D eigenvalue weighted by molar-refractivity contribution is 7.89. The van der Waals surface area contributed by atoms with Crippen molar-refractivity contribution in [3.8, 4) is 0 Å². The molecule has 0 radical (unpaired) electrons. The second-order valence-corrected chi connectivity index (χ2v) is 13.2. The molecule has 0 aliphatic rings. The predicted molar refractivity (Wildman–Crippen MR) is 153 cm³/mol. The number of nitrogens with zero attached hydrogens (tertiary/aromatic N) is 1. The molecule has 12 heteroatoms. The van der Waals surface area contributed by atoms with Crippen LogP contribution in [0, 0.1) is 11.3 Å². The second-order valence-electron chi connectivity index (χ2n) is 11.3. The normalized spacial score (nSPS) is 14.4. The third-order valence-corrected chi connectivity index (χ3v) is 8.04. The van der Waals surface area contributed by atoms with Gasteiger partial charge >= 0.3 is 11.8 Å². The number of carbonyl (C=O) groups excluding carboxylic acids is 3. The Kier molecular flexibility index (Phi) is 11.2. The monoisotopic (exact) mass is 575 g/mol. The van der Waals surface area contributed by atoms with Gasteiger partial charge in [-0.05, 0) is 47.6 Å². The number of amides is 3. The number of aliphatic hydroxyl groups excluding tert-OH is 1. The molecule has 0 heterocycles. The van der Waals surface area contributed by atoms with Crippen molar-refractivity contribution in [3.05, 3.63) is 60.2 Å². The lowest BCUT2D eigenvalue weighted by Gasteiger charge is -2.34. The Labute approximate surface area is 236 Å². The van der Waals surface area contributed by atoms with Gasteiger partial charge in [0.15, 0.2) is 0 Å². The number of primary amides is 1. The number of nitrogens with one attached hydrogen (secondary N) is 2. The summed E-state index contributed by atoms with van der Waals surface area (Å²) < 4.78 is 28.3. The van der Waals surface area contributed by atoms with E-state index in [9.17, 15) is 27.9 Å². The molecule has 0 saturated carbocycles. The van der Waals surface area contributed by atoms with Gasteiger partial charge in [-0.1, -0.05) is 65.0 Å². The highest BCUT2D eigenvalue weighted by Crippen LogP contribution is 2.22. The van der Waals surface area contributed by atoms with Gasteiger partial charge in [0.2, 0.25) is 15.9 Å². The Morgan fingerprint density at radius 2 is 1.52 bits per heavy atom. The largest absolute Gasteiger partial charge is 0.399 e. The van der Waals surface area contributed by atoms with Gasteiger partial charge in [0, 0.05) is 18.8 Å². The average molecular weight is 576 g/mol. The molecule has 3 atom stereocenters. The molecule has 7 N–H and O–H groups in total. The van der Waals surface area contributed by atoms with E-state index >= 15 is 0 Å². The maximum Gasteiger partial charge on any atom is 0.309 e. The van der Waals surface area contributed by atoms with Gasteiger partial charge in [-0.25, -0.2) is 8.42 Å². The van der Waals surface area contributed by atoms with Crippen molar-refractivity contribution >= 4 is 33.4 Å². The predicted octanol–water partition coefficient (Wildman–Crippen LogP) is 1.02. The molecule has 2 aromatic rings. The molecule has 0 aliphatic carbocycles. The molecule has 3 unspecified atom stereocenters. The van der Waals surface area contributed by atoms with Gasteiger partial charge in [-0.3, -0.25) is 14.4 Å². The zero-order valence-corrected chi connectivity index (χ0v) is 24.4. The number of rotatable bonds is 12. The number of aliphatic hydroxyl groups is 1. The molecule has 0 saturated heterocycles. The average Bonchev–Trinajstić information content (AvgIpc) is 2.86. The molecule has 0 bridgehead atoms. The first kappa shape index (κ1) is 32.7. The van der Waals surface area contributed by atoms with Crippen molar-refractivity contribution < 1.29 is 27.9 Å². The van der Waals surface area contributed by atoms with Crippen molar-refractivity contribution in [1.82, 2.24) is 14.9 Å². The fourth-order valence-electron chi connectivity index (χ4n) is 4.10. The van der Waals surface area contributed by atoms with Crippen molar-refractivity contribution in [1.29, 1.82) is 0 Å². The summed E-state index contributed by atoms with van der Waals surface area (Å²) in [5.41, 5.74) is 11.2. The summed E-state index contributed by atoms with van der Waals surface area (Å²) in [6.45, 7) is 8.62. The summed E-state index contributed by atoms with van der Waals surface area (Å²) in [7, 11) is -4.01. The zero-order valence-electron chi connectivity index (χ0n) is 23.6. The van der Waals surface area contributed by atoms with E-state index in [0.29, 0.717) is 5.69 Å². The minimum absolute atomic E-state index is 0.0279. The first-order valence-electron chi connectivity index (χ1n) is 13.0. The third-order valence-electron chi connectivity index (χ3n) is 6.20. The van der Waals surface area contributed by atoms with Gasteiger partial charge in [-0.15, -0.1) is 0 Å². The van der Waals surface area contributed by atoms with E-state index in [0.717, 1.165) is 5.56 Å². The van der Waals surface area contributed by atoms with Crippen molar-refractivity contribution in [2.24, 2.45) is 17.1 Å². The highest BCUT2D eigenvalue weighted by Gasteiger charge is 2.37. The van der Waals surface area contributed by atoms with Crippen LogP contribution in [0.2, 0.25) is 0 Å². The standard InChI is InChI=1S/C28H41N5O6S/c1-18(2)16-33(40(38,39)21-13-11-20(29)12-14-21)17-23(34)22(15-19-9-7-6-8-10-19)31-26(36)24(28(3,4)5)32-27(37)25(30)35/h6-14,18,22-24,34H,15-17,29H2,1-5H3,(H2,30,35)(H,31,36)(H,32,37). The molecular weight excluding hydrogens is 534 g/mol. The van der Waals surface area contributed by atoms with Crippen LogP contribution in [0.4, 0.5) is 5.69 Å². The Balaban J connectivity index is 2.41. The van der Waals surface area contributed by atoms with Crippen LogP contribution in [0.1, 0.15) is 40.2 Å². The molecule has 0 aromatic heterocycles. The van der Waals surface area contributed by atoms with Gasteiger partial charge in [0.25, 0.3) is 0 Å². The Morgan fingerprint density at radius 3 is 2.02 bits per heavy atom. The summed E-state index contributed by atoms with van der Waals surface area (Å²) >= 11 is 0. The summed E-state index contributed by atoms with van der Waals surface area (Å²) in [6.07, 6.45) is -1.16. The molecule has 0 spiro atoms. The maximum atomic E-state index is 13.5. The highest BCUT2D eigenvalue weighted by atomic mass is 32.2. The fraction of sp³-hybridized carbons (Fsp3) is 0.464. The van der Waals surface area contributed by atoms with Crippen LogP contribution in [-0.4, -0.2) is 66.8 Å². The fourth-order valence-corrected chi connectivity index (χ4v) is 5.72. The molecule has 11 nitrogen and oxygen atoms in total. The first-order valence-corrected chi connectivity index (χ1v) is 14.4. The van der Waals surface area contributed by atoms with E-state index in [1.807, 2.05) is 44.2 Å². The first-order chi connectivity index (χ1) is 18.5. The van der Waals surface area contributed by atoms with E-state index in [1.54, 1.807) is 20.8 Å². The van der Waals surface area contributed by atoms with Crippen LogP contribution in [0.3, 0.4) is 0 Å². The van der Waals surface area contributed by atoms with Crippen LogP contribution in [-0.2, 0) is 30.8 Å². The molecule has 0 aliphatic heterocycles. The van der Waals surface area contributed by atoms with Crippen molar-refractivity contribution in [2.75, 3.05) is 18.8 Å². The minimum atomic E-state index is -4.01. The smallest absolute Gasteiger partial charge is 0.309 e. The molecule has 2 aromatic carbocycles. The third kappa shape index (κ3) is 9.32. The second kappa shape index (κ2) is 13.7. The lowest BCUT2D eigenvalue weighted by molar-refractivity contribution is -0.140. The number of hydrogen-bond acceptors (Lipinski definition) is 7. The number of sulfonamides is 1. The van der Waals surface area contributed by atoms with Gasteiger partial charge < -0.3 is 27.2 Å². The minimum Gasteiger partial charge on any atom is -0.399 e. The van der Waals surface area contributed by atoms with Crippen LogP contribution in [0.25, 0.3) is 0 Å². The number of nitrogen functional groups attached to an aromatic ring is 1. The Morgan fingerprint density at radius 1 is 0.950 bits per heavy atom. The molecule has 220 valence electrons. The number of carbonyl (C=O) groups is 3. The summed E-state index contributed by atoms with van der Waals surface area (Å²) in [4.78, 5) is 36.9. The SMILES string of the molecule is CC(C)CN(CC(O)C(Cc1ccccc1)NC(=O)C(NC(=O)C(N)=O)C(C)(C)C)S(=O)(=O)c1ccc(N)cc1. The van der Waals surface area contributed by atoms with Gasteiger partial charge in [-0.2, -0.15) is 4.31 Å². The van der Waals surface area contributed by atoms with E-state index < -0.39 is 51.3 Å². The molecule has 3 amide bonds. The zero-order chi connectivity index (χ0) is 30.3. The van der Waals surface area contributed by atoms with Crippen LogP contribution < -0.4 is 22.1 Å². The van der Waals surface area contributed by atoms with Crippen LogP contribution in [0.15, 0.2) is 59.5 Å². The topological polar surface area (TPSA) is 185 Å². The number of hydrogen-bond donors (Lipinski definition) is 5. The molecule has 40 heavy (non-hydrogen) atoms. The number of benzene rings is 2. The Hall–Kier alpha value is -3.48. The van der Waals surface area contributed by atoms with Crippen molar-refractivity contribution in [3.63, 3.8) is 0 Å². The maximum absolute atomic E-state index is 13.5. The number of anilines is 1. The summed E-state index contributed by atoms with van der Waals surface area (Å²) in [6, 6.07) is 12.8. The Bertz CT molecular complexity index is 1260. The molecule has 2 rings (SSSR count). The van der Waals surface area contributed by atoms with Gasteiger partial charge in [0.05, 0.1) is 17.0 Å². The number of nitrogens with two attached hydrogens (primary N) is 2. The van der Waals surface area contributed by atoms with E-state index in [2.05, 4.69) is 10.6 Å². The van der Waals surface area contributed by atoms with E-state index in [1.165, 1.54) is 28.6 Å². The lowest BCUT2D eigenvalue weighted by Crippen LogP contribution is -2.60. The van der Waals surface area contributed by atoms with Crippen molar-refractivity contribution in [2.45, 2.75) is 64.1 Å². The molecule has 0 fully saturated rings. The van der Waals surface area contributed by atoms with Gasteiger partial charge in [0.1, 0.15) is 6.04 Å². The van der Waals surface area contributed by atoms with E-state index in [-0.39, 0.29) is 30.3 Å². The quantitative estimate of drug-likeness (QED) is 0.185. The lowest BCUT2D eigenvalue weighted by atomic mass is 9.85. The summed E-state index contributed by atoms with van der Waals surface area (Å²) in [5, 5.41) is 16.5. The van der Waals surface area contributed by atoms with E-state index in [4.69, 9.17) is 11.5 Å². The molecular formula is C28H41N5O6S. The van der Waals surface area contributed by atoms with Crippen LogP contribution >= 0.6 is 0 Å². The van der Waals surface area contributed by atoms with Crippen LogP contribution in [0.5, 0.6) is 0 Å².